The van der Waals surface area contributed by atoms with E-state index in [4.69, 9.17) is 9.84 Å². The molecule has 3 heteroatoms. The molecule has 0 aromatic rings. The van der Waals surface area contributed by atoms with Crippen LogP contribution in [-0.2, 0) is 9.53 Å². The van der Waals surface area contributed by atoms with Crippen molar-refractivity contribution in [3.8, 4) is 0 Å². The maximum absolute atomic E-state index is 11.4. The van der Waals surface area contributed by atoms with Gasteiger partial charge >= 0.3 is 5.97 Å². The van der Waals surface area contributed by atoms with Gasteiger partial charge in [0.25, 0.3) is 0 Å². The Hall–Kier alpha value is -0.570. The molecule has 1 aliphatic rings. The van der Waals surface area contributed by atoms with Crippen molar-refractivity contribution in [1.82, 2.24) is 0 Å². The quantitative estimate of drug-likeness (QED) is 0.646. The lowest BCUT2D eigenvalue weighted by molar-refractivity contribution is -0.154. The van der Waals surface area contributed by atoms with E-state index >= 15 is 0 Å². The molecule has 0 aliphatic heterocycles. The van der Waals surface area contributed by atoms with Crippen molar-refractivity contribution in [2.45, 2.75) is 39.2 Å². The van der Waals surface area contributed by atoms with E-state index in [-0.39, 0.29) is 24.1 Å². The summed E-state index contributed by atoms with van der Waals surface area (Å²) >= 11 is 0. The molecule has 1 fully saturated rings. The van der Waals surface area contributed by atoms with Gasteiger partial charge in [0.15, 0.2) is 0 Å². The van der Waals surface area contributed by atoms with E-state index in [0.717, 1.165) is 12.8 Å². The van der Waals surface area contributed by atoms with Gasteiger partial charge < -0.3 is 9.84 Å². The van der Waals surface area contributed by atoms with Gasteiger partial charge in [0.2, 0.25) is 0 Å². The predicted octanol–water partition coefficient (Wildman–Crippen LogP) is 1.10. The highest BCUT2D eigenvalue weighted by molar-refractivity contribution is 5.79. The first-order valence-corrected chi connectivity index (χ1v) is 4.43. The van der Waals surface area contributed by atoms with E-state index in [0.29, 0.717) is 6.42 Å². The van der Waals surface area contributed by atoms with Crippen molar-refractivity contribution in [1.29, 1.82) is 0 Å². The summed E-state index contributed by atoms with van der Waals surface area (Å²) in [5.74, 6) is -0.133. The third kappa shape index (κ3) is 1.97. The van der Waals surface area contributed by atoms with E-state index in [1.165, 1.54) is 0 Å². The standard InChI is InChI=1S/C9H16O3/c1-7(2)12-8(11)9(3-4-9)5-6-10/h7,10H,3-6H2,1-2H3. The number of ether oxygens (including phenoxy) is 1. The molecule has 0 atom stereocenters. The number of esters is 1. The highest BCUT2D eigenvalue weighted by Gasteiger charge is 2.50. The molecule has 0 spiro atoms. The highest BCUT2D eigenvalue weighted by Crippen LogP contribution is 2.49. The van der Waals surface area contributed by atoms with E-state index in [1.54, 1.807) is 0 Å². The Morgan fingerprint density at radius 2 is 2.17 bits per heavy atom. The fraction of sp³-hybridized carbons (Fsp3) is 0.889. The van der Waals surface area contributed by atoms with Crippen LogP contribution in [0.15, 0.2) is 0 Å². The average Bonchev–Trinajstić information content (AvgIpc) is 2.68. The van der Waals surface area contributed by atoms with Gasteiger partial charge in [-0.1, -0.05) is 0 Å². The minimum absolute atomic E-state index is 0.0475. The van der Waals surface area contributed by atoms with Gasteiger partial charge in [0.1, 0.15) is 0 Å². The Bertz CT molecular complexity index is 171. The topological polar surface area (TPSA) is 46.5 Å². The van der Waals surface area contributed by atoms with Gasteiger partial charge in [0.05, 0.1) is 11.5 Å². The molecule has 0 radical (unpaired) electrons. The third-order valence-corrected chi connectivity index (χ3v) is 2.22. The molecule has 1 N–H and O–H groups in total. The maximum Gasteiger partial charge on any atom is 0.312 e. The van der Waals surface area contributed by atoms with Crippen molar-refractivity contribution in [3.63, 3.8) is 0 Å². The van der Waals surface area contributed by atoms with Crippen LogP contribution in [-0.4, -0.2) is 23.8 Å². The summed E-state index contributed by atoms with van der Waals surface area (Å²) in [4.78, 5) is 11.4. The zero-order chi connectivity index (χ0) is 9.19. The number of hydrogen-bond donors (Lipinski definition) is 1. The zero-order valence-electron chi connectivity index (χ0n) is 7.67. The largest absolute Gasteiger partial charge is 0.463 e. The summed E-state index contributed by atoms with van der Waals surface area (Å²) in [6, 6.07) is 0. The number of aliphatic hydroxyl groups is 1. The molecular formula is C9H16O3. The molecule has 1 rings (SSSR count). The smallest absolute Gasteiger partial charge is 0.312 e. The normalized spacial score (nSPS) is 19.3. The molecule has 0 saturated heterocycles. The van der Waals surface area contributed by atoms with Crippen molar-refractivity contribution < 1.29 is 14.6 Å². The van der Waals surface area contributed by atoms with Crippen LogP contribution in [0.4, 0.5) is 0 Å². The minimum atomic E-state index is -0.320. The molecule has 0 aromatic heterocycles. The summed E-state index contributed by atoms with van der Waals surface area (Å²) < 4.78 is 5.08. The Labute approximate surface area is 72.7 Å². The molecule has 0 bridgehead atoms. The predicted molar refractivity (Wildman–Crippen MR) is 44.6 cm³/mol. The number of carbonyl (C=O) groups excluding carboxylic acids is 1. The van der Waals surface area contributed by atoms with Crippen LogP contribution in [0.1, 0.15) is 33.1 Å². The Kier molecular flexibility index (Phi) is 2.73. The van der Waals surface area contributed by atoms with Crippen LogP contribution in [0.2, 0.25) is 0 Å². The molecule has 1 saturated carbocycles. The van der Waals surface area contributed by atoms with E-state index in [1.807, 2.05) is 13.8 Å². The zero-order valence-corrected chi connectivity index (χ0v) is 7.67. The summed E-state index contributed by atoms with van der Waals surface area (Å²) in [7, 11) is 0. The fourth-order valence-electron chi connectivity index (χ4n) is 1.26. The second-order valence-electron chi connectivity index (χ2n) is 3.71. The van der Waals surface area contributed by atoms with Crippen molar-refractivity contribution in [2.24, 2.45) is 5.41 Å². The fourth-order valence-corrected chi connectivity index (χ4v) is 1.26. The lowest BCUT2D eigenvalue weighted by atomic mass is 10.0. The first-order valence-electron chi connectivity index (χ1n) is 4.43. The van der Waals surface area contributed by atoms with Crippen LogP contribution < -0.4 is 0 Å². The Morgan fingerprint density at radius 1 is 1.58 bits per heavy atom. The Balaban J connectivity index is 2.40. The monoisotopic (exact) mass is 172 g/mol. The van der Waals surface area contributed by atoms with Crippen molar-refractivity contribution in [2.75, 3.05) is 6.61 Å². The first-order chi connectivity index (χ1) is 5.60. The van der Waals surface area contributed by atoms with E-state index < -0.39 is 0 Å². The van der Waals surface area contributed by atoms with Crippen molar-refractivity contribution in [3.05, 3.63) is 0 Å². The molecule has 0 amide bonds. The van der Waals surface area contributed by atoms with Gasteiger partial charge in [-0.15, -0.1) is 0 Å². The molecular weight excluding hydrogens is 156 g/mol. The minimum Gasteiger partial charge on any atom is -0.463 e. The lowest BCUT2D eigenvalue weighted by Crippen LogP contribution is -2.23. The molecule has 70 valence electrons. The molecule has 3 nitrogen and oxygen atoms in total. The van der Waals surface area contributed by atoms with Crippen LogP contribution in [0.3, 0.4) is 0 Å². The molecule has 0 unspecified atom stereocenters. The van der Waals surface area contributed by atoms with Crippen LogP contribution >= 0.6 is 0 Å². The Morgan fingerprint density at radius 3 is 2.50 bits per heavy atom. The summed E-state index contributed by atoms with van der Waals surface area (Å²) in [6.07, 6.45) is 2.25. The van der Waals surface area contributed by atoms with Gasteiger partial charge in [-0.2, -0.15) is 0 Å². The summed E-state index contributed by atoms with van der Waals surface area (Å²) in [5, 5.41) is 8.72. The molecule has 1 aliphatic carbocycles. The number of carbonyl (C=O) groups is 1. The van der Waals surface area contributed by atoms with E-state index in [9.17, 15) is 4.79 Å². The van der Waals surface area contributed by atoms with Gasteiger partial charge in [-0.3, -0.25) is 4.79 Å². The second kappa shape index (κ2) is 3.44. The highest BCUT2D eigenvalue weighted by atomic mass is 16.5. The second-order valence-corrected chi connectivity index (χ2v) is 3.71. The van der Waals surface area contributed by atoms with Gasteiger partial charge in [0, 0.05) is 6.61 Å². The summed E-state index contributed by atoms with van der Waals surface area (Å²) in [5.41, 5.74) is -0.320. The van der Waals surface area contributed by atoms with E-state index in [2.05, 4.69) is 0 Å². The van der Waals surface area contributed by atoms with Gasteiger partial charge in [-0.05, 0) is 33.1 Å². The van der Waals surface area contributed by atoms with Crippen LogP contribution in [0.25, 0.3) is 0 Å². The number of hydrogen-bond acceptors (Lipinski definition) is 3. The average molecular weight is 172 g/mol. The maximum atomic E-state index is 11.4. The van der Waals surface area contributed by atoms with Crippen molar-refractivity contribution >= 4 is 5.97 Å². The molecule has 0 aromatic carbocycles. The van der Waals surface area contributed by atoms with Crippen LogP contribution in [0, 0.1) is 5.41 Å². The number of aliphatic hydroxyl groups excluding tert-OH is 1. The van der Waals surface area contributed by atoms with Gasteiger partial charge in [-0.25, -0.2) is 0 Å². The lowest BCUT2D eigenvalue weighted by Gasteiger charge is -2.14. The SMILES string of the molecule is CC(C)OC(=O)C1(CCO)CC1. The summed E-state index contributed by atoms with van der Waals surface area (Å²) in [6.45, 7) is 3.76. The molecule has 12 heavy (non-hydrogen) atoms. The van der Waals surface area contributed by atoms with Crippen LogP contribution in [0.5, 0.6) is 0 Å². The number of rotatable bonds is 4. The third-order valence-electron chi connectivity index (χ3n) is 2.22. The molecule has 0 heterocycles. The first kappa shape index (κ1) is 9.52.